The monoisotopic (exact) mass is 361 g/mol. The van der Waals surface area contributed by atoms with Gasteiger partial charge in [0.1, 0.15) is 12.4 Å². The van der Waals surface area contributed by atoms with Gasteiger partial charge in [-0.25, -0.2) is 4.68 Å². The first kappa shape index (κ1) is 18.5. The molecule has 6 nitrogen and oxygen atoms in total. The van der Waals surface area contributed by atoms with E-state index in [1.54, 1.807) is 0 Å². The van der Waals surface area contributed by atoms with Gasteiger partial charge in [-0.1, -0.05) is 19.6 Å². The van der Waals surface area contributed by atoms with Gasteiger partial charge < -0.3 is 10.5 Å². The number of rotatable bonds is 6. The Morgan fingerprint density at radius 1 is 1.29 bits per heavy atom. The van der Waals surface area contributed by atoms with Crippen LogP contribution in [0.5, 0.6) is 0 Å². The smallest absolute Gasteiger partial charge is 0.396 e. The lowest BCUT2D eigenvalue weighted by atomic mass is 10.1. The van der Waals surface area contributed by atoms with E-state index >= 15 is 0 Å². The number of anilines is 1. The van der Waals surface area contributed by atoms with Crippen molar-refractivity contribution in [1.82, 2.24) is 19.6 Å². The molecule has 0 spiro atoms. The molecule has 2 heterocycles. The Morgan fingerprint density at radius 2 is 1.96 bits per heavy atom. The first-order valence-electron chi connectivity index (χ1n) is 7.49. The van der Waals surface area contributed by atoms with Gasteiger partial charge in [-0.2, -0.15) is 23.4 Å². The molecule has 0 unspecified atom stereocenters. The molecule has 0 aliphatic heterocycles. The Kier molecular flexibility index (Phi) is 5.09. The molecule has 0 fully saturated rings. The summed E-state index contributed by atoms with van der Waals surface area (Å²) in [4.78, 5) is 0. The normalized spacial score (nSPS) is 12.8. The summed E-state index contributed by atoms with van der Waals surface area (Å²) in [6.07, 6.45) is -1.94. The third-order valence-corrected chi connectivity index (χ3v) is 5.18. The molecule has 24 heavy (non-hydrogen) atoms. The van der Waals surface area contributed by atoms with Gasteiger partial charge >= 0.3 is 6.18 Å². The number of halogens is 3. The number of hydrogen-bond acceptors (Lipinski definition) is 4. The number of nitrogens with two attached hydrogens (primary N) is 1. The molecule has 0 aliphatic carbocycles. The SMILES string of the molecule is Cn1ncc(-c2nn(COCC[Si](C)(C)C)cc2N)c1C(F)(F)F. The molecule has 0 radical (unpaired) electrons. The van der Waals surface area contributed by atoms with Crippen molar-refractivity contribution in [2.45, 2.75) is 38.6 Å². The molecule has 0 saturated heterocycles. The minimum absolute atomic E-state index is 0.0595. The second-order valence-electron chi connectivity index (χ2n) is 6.85. The molecular formula is C14H22F3N5OSi. The van der Waals surface area contributed by atoms with E-state index < -0.39 is 19.9 Å². The van der Waals surface area contributed by atoms with Crippen LogP contribution in [0.3, 0.4) is 0 Å². The van der Waals surface area contributed by atoms with Crippen LogP contribution < -0.4 is 5.73 Å². The van der Waals surface area contributed by atoms with Crippen molar-refractivity contribution < 1.29 is 17.9 Å². The number of alkyl halides is 3. The molecule has 0 aromatic carbocycles. The highest BCUT2D eigenvalue weighted by Crippen LogP contribution is 2.37. The lowest BCUT2D eigenvalue weighted by molar-refractivity contribution is -0.143. The molecule has 2 N–H and O–H groups in total. The lowest BCUT2D eigenvalue weighted by Crippen LogP contribution is -2.22. The van der Waals surface area contributed by atoms with Crippen molar-refractivity contribution in [2.24, 2.45) is 7.05 Å². The Bertz CT molecular complexity index is 702. The molecule has 2 aromatic heterocycles. The maximum absolute atomic E-state index is 13.2. The van der Waals surface area contributed by atoms with E-state index in [1.807, 2.05) is 0 Å². The average Bonchev–Trinajstić information content (AvgIpc) is 2.96. The lowest BCUT2D eigenvalue weighted by Gasteiger charge is -2.15. The average molecular weight is 361 g/mol. The van der Waals surface area contributed by atoms with Gasteiger partial charge in [0.25, 0.3) is 0 Å². The Hall–Kier alpha value is -1.81. The predicted molar refractivity (Wildman–Crippen MR) is 87.9 cm³/mol. The molecule has 2 aromatic rings. The Labute approximate surface area is 139 Å². The van der Waals surface area contributed by atoms with Crippen LogP contribution in [0.15, 0.2) is 12.4 Å². The van der Waals surface area contributed by atoms with Crippen molar-refractivity contribution in [1.29, 1.82) is 0 Å². The maximum Gasteiger partial charge on any atom is 0.433 e. The minimum Gasteiger partial charge on any atom is -0.396 e. The zero-order valence-corrected chi connectivity index (χ0v) is 15.2. The zero-order valence-electron chi connectivity index (χ0n) is 14.2. The third-order valence-electron chi connectivity index (χ3n) is 3.47. The summed E-state index contributed by atoms with van der Waals surface area (Å²) < 4.78 is 47.2. The summed E-state index contributed by atoms with van der Waals surface area (Å²) >= 11 is 0. The standard InChI is InChI=1S/C14H22F3N5OSi/c1-21-13(14(15,16)17)10(7-19-21)12-11(18)8-22(20-12)9-23-5-6-24(2,3)4/h7-8H,5-6,9,18H2,1-4H3. The van der Waals surface area contributed by atoms with Crippen molar-refractivity contribution in [3.63, 3.8) is 0 Å². The van der Waals surface area contributed by atoms with E-state index in [-0.39, 0.29) is 23.7 Å². The molecule has 0 amide bonds. The summed E-state index contributed by atoms with van der Waals surface area (Å²) in [5.74, 6) is 0. The predicted octanol–water partition coefficient (Wildman–Crippen LogP) is 3.20. The van der Waals surface area contributed by atoms with Crippen LogP contribution in [0.1, 0.15) is 5.69 Å². The quantitative estimate of drug-likeness (QED) is 0.634. The number of ether oxygens (including phenoxy) is 1. The third kappa shape index (κ3) is 4.38. The summed E-state index contributed by atoms with van der Waals surface area (Å²) in [6.45, 7) is 7.45. The second kappa shape index (κ2) is 6.59. The van der Waals surface area contributed by atoms with Crippen LogP contribution in [-0.4, -0.2) is 34.2 Å². The van der Waals surface area contributed by atoms with Gasteiger partial charge in [-0.15, -0.1) is 0 Å². The first-order valence-corrected chi connectivity index (χ1v) is 11.2. The van der Waals surface area contributed by atoms with Crippen molar-refractivity contribution in [2.75, 3.05) is 12.3 Å². The second-order valence-corrected chi connectivity index (χ2v) is 12.5. The van der Waals surface area contributed by atoms with Gasteiger partial charge in [0.05, 0.1) is 23.6 Å². The van der Waals surface area contributed by atoms with Gasteiger partial charge in [0.15, 0.2) is 5.69 Å². The Balaban J connectivity index is 2.16. The summed E-state index contributed by atoms with van der Waals surface area (Å²) in [5, 5.41) is 7.80. The summed E-state index contributed by atoms with van der Waals surface area (Å²) in [7, 11) is 0.0403. The van der Waals surface area contributed by atoms with Crippen LogP contribution in [0, 0.1) is 0 Å². The Morgan fingerprint density at radius 3 is 2.54 bits per heavy atom. The fraction of sp³-hybridized carbons (Fsp3) is 0.571. The molecular weight excluding hydrogens is 339 g/mol. The molecule has 10 heteroatoms. The highest BCUT2D eigenvalue weighted by Gasteiger charge is 2.38. The molecule has 0 atom stereocenters. The van der Waals surface area contributed by atoms with Crippen LogP contribution in [-0.2, 0) is 24.7 Å². The van der Waals surface area contributed by atoms with E-state index in [4.69, 9.17) is 10.5 Å². The van der Waals surface area contributed by atoms with Crippen molar-refractivity contribution in [3.8, 4) is 11.3 Å². The zero-order chi connectivity index (χ0) is 18.1. The fourth-order valence-electron chi connectivity index (χ4n) is 2.20. The molecule has 134 valence electrons. The number of nitrogen functional groups attached to an aromatic ring is 1. The minimum atomic E-state index is -4.54. The van der Waals surface area contributed by atoms with E-state index in [2.05, 4.69) is 29.8 Å². The fourth-order valence-corrected chi connectivity index (χ4v) is 2.95. The van der Waals surface area contributed by atoms with Crippen LogP contribution in [0.2, 0.25) is 25.7 Å². The van der Waals surface area contributed by atoms with Crippen LogP contribution >= 0.6 is 0 Å². The highest BCUT2D eigenvalue weighted by molar-refractivity contribution is 6.76. The number of aromatic nitrogens is 4. The summed E-state index contributed by atoms with van der Waals surface area (Å²) in [5.41, 5.74) is 5.03. The highest BCUT2D eigenvalue weighted by atomic mass is 28.3. The van der Waals surface area contributed by atoms with Crippen LogP contribution in [0.25, 0.3) is 11.3 Å². The summed E-state index contributed by atoms with van der Waals surface area (Å²) in [6, 6.07) is 0.997. The molecule has 0 bridgehead atoms. The first-order chi connectivity index (χ1) is 11.0. The van der Waals surface area contributed by atoms with E-state index in [9.17, 15) is 13.2 Å². The number of aryl methyl sites for hydroxylation is 1. The maximum atomic E-state index is 13.2. The van der Waals surface area contributed by atoms with E-state index in [0.717, 1.165) is 16.9 Å². The largest absolute Gasteiger partial charge is 0.433 e. The molecule has 2 rings (SSSR count). The van der Waals surface area contributed by atoms with E-state index in [0.29, 0.717) is 6.61 Å². The van der Waals surface area contributed by atoms with Gasteiger partial charge in [-0.05, 0) is 6.04 Å². The van der Waals surface area contributed by atoms with Crippen molar-refractivity contribution >= 4 is 13.8 Å². The van der Waals surface area contributed by atoms with Crippen LogP contribution in [0.4, 0.5) is 18.9 Å². The van der Waals surface area contributed by atoms with Crippen molar-refractivity contribution in [3.05, 3.63) is 18.1 Å². The van der Waals surface area contributed by atoms with Gasteiger partial charge in [0.2, 0.25) is 0 Å². The molecule has 0 aliphatic rings. The van der Waals surface area contributed by atoms with E-state index in [1.165, 1.54) is 17.9 Å². The number of hydrogen-bond donors (Lipinski definition) is 1. The molecule has 0 saturated carbocycles. The van der Waals surface area contributed by atoms with Gasteiger partial charge in [-0.3, -0.25) is 4.68 Å². The topological polar surface area (TPSA) is 70.9 Å². The van der Waals surface area contributed by atoms with Gasteiger partial charge in [0, 0.05) is 21.7 Å². The number of nitrogens with zero attached hydrogens (tertiary/aromatic N) is 4.